The molecule has 2 N–H and O–H groups in total. The zero-order valence-electron chi connectivity index (χ0n) is 6.35. The highest BCUT2D eigenvalue weighted by atomic mass is 16.4. The van der Waals surface area contributed by atoms with Gasteiger partial charge in [-0.15, -0.1) is 6.58 Å². The van der Waals surface area contributed by atoms with Crippen molar-refractivity contribution in [3.05, 3.63) is 12.7 Å². The van der Waals surface area contributed by atoms with Crippen LogP contribution in [0, 0.1) is 0 Å². The average Bonchev–Trinajstić information content (AvgIpc) is 1.85. The van der Waals surface area contributed by atoms with E-state index in [2.05, 4.69) is 11.9 Å². The molecule has 0 radical (unpaired) electrons. The van der Waals surface area contributed by atoms with Crippen LogP contribution in [0.3, 0.4) is 0 Å². The Kier molecular flexibility index (Phi) is 3.09. The summed E-state index contributed by atoms with van der Waals surface area (Å²) in [6.07, 6.45) is 1.68. The summed E-state index contributed by atoms with van der Waals surface area (Å²) in [5, 5.41) is 11.1. The quantitative estimate of drug-likeness (QED) is 0.567. The molecule has 0 unspecified atom stereocenters. The molecule has 58 valence electrons. The van der Waals surface area contributed by atoms with E-state index >= 15 is 0 Å². The first-order chi connectivity index (χ1) is 4.48. The minimum atomic E-state index is -0.852. The zero-order chi connectivity index (χ0) is 8.20. The van der Waals surface area contributed by atoms with Gasteiger partial charge in [-0.25, -0.2) is 0 Å². The summed E-state index contributed by atoms with van der Waals surface area (Å²) in [6, 6.07) is 0. The SMILES string of the molecule is C=CC(C)(C)NCC(=O)O. The van der Waals surface area contributed by atoms with Gasteiger partial charge in [-0.1, -0.05) is 6.08 Å². The van der Waals surface area contributed by atoms with Gasteiger partial charge >= 0.3 is 5.97 Å². The molecule has 3 heteroatoms. The van der Waals surface area contributed by atoms with E-state index in [0.717, 1.165) is 0 Å². The van der Waals surface area contributed by atoms with Crippen LogP contribution in [0.15, 0.2) is 12.7 Å². The maximum Gasteiger partial charge on any atom is 0.317 e. The average molecular weight is 143 g/mol. The van der Waals surface area contributed by atoms with Crippen LogP contribution >= 0.6 is 0 Å². The summed E-state index contributed by atoms with van der Waals surface area (Å²) < 4.78 is 0. The lowest BCUT2D eigenvalue weighted by Crippen LogP contribution is -2.40. The van der Waals surface area contributed by atoms with E-state index in [0.29, 0.717) is 0 Å². The van der Waals surface area contributed by atoms with Crippen molar-refractivity contribution < 1.29 is 9.90 Å². The second kappa shape index (κ2) is 3.37. The van der Waals surface area contributed by atoms with Gasteiger partial charge < -0.3 is 5.11 Å². The third-order valence-electron chi connectivity index (χ3n) is 1.21. The van der Waals surface area contributed by atoms with Crippen LogP contribution < -0.4 is 5.32 Å². The highest BCUT2D eigenvalue weighted by molar-refractivity contribution is 5.69. The number of rotatable bonds is 4. The highest BCUT2D eigenvalue weighted by Gasteiger charge is 2.12. The summed E-state index contributed by atoms with van der Waals surface area (Å²) >= 11 is 0. The lowest BCUT2D eigenvalue weighted by atomic mass is 10.1. The molecule has 0 aliphatic carbocycles. The Labute approximate surface area is 60.7 Å². The molecule has 0 aromatic rings. The first kappa shape index (κ1) is 9.17. The first-order valence-electron chi connectivity index (χ1n) is 3.08. The molecule has 0 aliphatic rings. The van der Waals surface area contributed by atoms with Crippen molar-refractivity contribution >= 4 is 5.97 Å². The van der Waals surface area contributed by atoms with Crippen molar-refractivity contribution in [2.45, 2.75) is 19.4 Å². The third-order valence-corrected chi connectivity index (χ3v) is 1.21. The molecule has 0 fully saturated rings. The molecule has 3 nitrogen and oxygen atoms in total. The molecule has 0 aromatic carbocycles. The molecule has 0 saturated heterocycles. The van der Waals surface area contributed by atoms with E-state index in [1.54, 1.807) is 6.08 Å². The van der Waals surface area contributed by atoms with Crippen molar-refractivity contribution in [2.24, 2.45) is 0 Å². The van der Waals surface area contributed by atoms with Gasteiger partial charge in [0, 0.05) is 5.54 Å². The van der Waals surface area contributed by atoms with Gasteiger partial charge in [0.15, 0.2) is 0 Å². The van der Waals surface area contributed by atoms with E-state index in [1.165, 1.54) is 0 Å². The van der Waals surface area contributed by atoms with Gasteiger partial charge in [-0.2, -0.15) is 0 Å². The third kappa shape index (κ3) is 4.09. The van der Waals surface area contributed by atoms with Crippen LogP contribution in [0.4, 0.5) is 0 Å². The van der Waals surface area contributed by atoms with Crippen LogP contribution in [-0.4, -0.2) is 23.2 Å². The molecule has 0 amide bonds. The smallest absolute Gasteiger partial charge is 0.317 e. The first-order valence-corrected chi connectivity index (χ1v) is 3.08. The fourth-order valence-corrected chi connectivity index (χ4v) is 0.376. The van der Waals surface area contributed by atoms with Gasteiger partial charge in [-0.3, -0.25) is 10.1 Å². The Morgan fingerprint density at radius 3 is 2.60 bits per heavy atom. The predicted octanol–water partition coefficient (Wildman–Crippen LogP) is 0.625. The van der Waals surface area contributed by atoms with Crippen molar-refractivity contribution in [3.8, 4) is 0 Å². The molecule has 0 spiro atoms. The molecule has 0 aliphatic heterocycles. The van der Waals surface area contributed by atoms with E-state index in [1.807, 2.05) is 13.8 Å². The van der Waals surface area contributed by atoms with Crippen molar-refractivity contribution in [1.29, 1.82) is 0 Å². The fourth-order valence-electron chi connectivity index (χ4n) is 0.376. The molecule has 0 atom stereocenters. The van der Waals surface area contributed by atoms with E-state index < -0.39 is 5.97 Å². The molecule has 0 heterocycles. The molecule has 0 saturated carbocycles. The second-order valence-corrected chi connectivity index (χ2v) is 2.67. The molecule has 0 rings (SSSR count). The van der Waals surface area contributed by atoms with Crippen LogP contribution in [0.1, 0.15) is 13.8 Å². The van der Waals surface area contributed by atoms with Crippen LogP contribution in [0.5, 0.6) is 0 Å². The Hall–Kier alpha value is -0.830. The largest absolute Gasteiger partial charge is 0.480 e. The van der Waals surface area contributed by atoms with Crippen LogP contribution in [-0.2, 0) is 4.79 Å². The summed E-state index contributed by atoms with van der Waals surface area (Å²) in [7, 11) is 0. The monoisotopic (exact) mass is 143 g/mol. The Balaban J connectivity index is 3.67. The molecular formula is C7H13NO2. The number of hydrogen-bond donors (Lipinski definition) is 2. The van der Waals surface area contributed by atoms with Gasteiger partial charge in [0.05, 0.1) is 6.54 Å². The standard InChI is InChI=1S/C7H13NO2/c1-4-7(2,3)8-5-6(9)10/h4,8H,1,5H2,2-3H3,(H,9,10). The minimum absolute atomic E-state index is 0.0288. The molecule has 0 aromatic heterocycles. The minimum Gasteiger partial charge on any atom is -0.480 e. The van der Waals surface area contributed by atoms with Crippen molar-refractivity contribution in [1.82, 2.24) is 5.32 Å². The normalized spacial score (nSPS) is 11.0. The maximum absolute atomic E-state index is 10.1. The maximum atomic E-state index is 10.1. The predicted molar refractivity (Wildman–Crippen MR) is 39.9 cm³/mol. The fraction of sp³-hybridized carbons (Fsp3) is 0.571. The lowest BCUT2D eigenvalue weighted by Gasteiger charge is -2.19. The topological polar surface area (TPSA) is 49.3 Å². The number of carboxylic acids is 1. The van der Waals surface area contributed by atoms with Crippen LogP contribution in [0.25, 0.3) is 0 Å². The molecule has 10 heavy (non-hydrogen) atoms. The second-order valence-electron chi connectivity index (χ2n) is 2.67. The molecular weight excluding hydrogens is 130 g/mol. The van der Waals surface area contributed by atoms with Gasteiger partial charge in [-0.05, 0) is 13.8 Å². The van der Waals surface area contributed by atoms with Crippen molar-refractivity contribution in [2.75, 3.05) is 6.54 Å². The van der Waals surface area contributed by atoms with Gasteiger partial charge in [0.1, 0.15) is 0 Å². The highest BCUT2D eigenvalue weighted by Crippen LogP contribution is 2.00. The number of carboxylic acid groups (broad SMARTS) is 1. The Morgan fingerprint density at radius 2 is 2.30 bits per heavy atom. The number of nitrogens with one attached hydrogen (secondary N) is 1. The van der Waals surface area contributed by atoms with E-state index in [9.17, 15) is 4.79 Å². The lowest BCUT2D eigenvalue weighted by molar-refractivity contribution is -0.136. The van der Waals surface area contributed by atoms with E-state index in [-0.39, 0.29) is 12.1 Å². The zero-order valence-corrected chi connectivity index (χ0v) is 6.35. The van der Waals surface area contributed by atoms with E-state index in [4.69, 9.17) is 5.11 Å². The summed E-state index contributed by atoms with van der Waals surface area (Å²) in [5.41, 5.74) is -0.293. The summed E-state index contributed by atoms with van der Waals surface area (Å²) in [6.45, 7) is 7.25. The van der Waals surface area contributed by atoms with Crippen LogP contribution in [0.2, 0.25) is 0 Å². The van der Waals surface area contributed by atoms with Crippen molar-refractivity contribution in [3.63, 3.8) is 0 Å². The summed E-state index contributed by atoms with van der Waals surface area (Å²) in [4.78, 5) is 10.1. The van der Waals surface area contributed by atoms with Gasteiger partial charge in [0.25, 0.3) is 0 Å². The number of aliphatic carboxylic acids is 1. The molecule has 0 bridgehead atoms. The Bertz CT molecular complexity index is 141. The number of hydrogen-bond acceptors (Lipinski definition) is 2. The Morgan fingerprint density at radius 1 is 1.80 bits per heavy atom. The number of carbonyl (C=O) groups is 1. The summed E-state index contributed by atoms with van der Waals surface area (Å²) in [5.74, 6) is -0.852. The van der Waals surface area contributed by atoms with Gasteiger partial charge in [0.2, 0.25) is 0 Å².